The maximum absolute atomic E-state index is 12.4. The van der Waals surface area contributed by atoms with Gasteiger partial charge in [-0.1, -0.05) is 18.2 Å². The van der Waals surface area contributed by atoms with Crippen LogP contribution in [-0.2, 0) is 9.73 Å². The maximum Gasteiger partial charge on any atom is 0.483 e. The van der Waals surface area contributed by atoms with Gasteiger partial charge in [0.05, 0.1) is 4.90 Å². The van der Waals surface area contributed by atoms with E-state index >= 15 is 0 Å². The summed E-state index contributed by atoms with van der Waals surface area (Å²) < 4.78 is 51.7. The number of rotatable bonds is 1. The Balaban J connectivity index is 3.40. The molecule has 1 aromatic rings. The molecule has 0 amide bonds. The van der Waals surface area contributed by atoms with Crippen molar-refractivity contribution >= 4 is 9.73 Å². The van der Waals surface area contributed by atoms with E-state index in [9.17, 15) is 17.4 Å². The average Bonchev–Trinajstić information content (AvgIpc) is 2.16. The van der Waals surface area contributed by atoms with E-state index in [-0.39, 0.29) is 4.90 Å². The summed E-state index contributed by atoms with van der Waals surface area (Å²) in [4.78, 5) is -0.310. The molecule has 0 N–H and O–H groups in total. The smallest absolute Gasteiger partial charge is 0.236 e. The van der Waals surface area contributed by atoms with Crippen molar-refractivity contribution < 1.29 is 17.4 Å². The fraction of sp³-hybridized carbons (Fsp3) is 0.250. The van der Waals surface area contributed by atoms with Gasteiger partial charge in [0.1, 0.15) is 0 Å². The zero-order valence-electron chi connectivity index (χ0n) is 7.28. The summed E-state index contributed by atoms with van der Waals surface area (Å²) in [5.41, 5.74) is -4.83. The third-order valence-electron chi connectivity index (χ3n) is 1.63. The summed E-state index contributed by atoms with van der Waals surface area (Å²) in [6.45, 7) is 0. The van der Waals surface area contributed by atoms with Crippen LogP contribution in [0.3, 0.4) is 0 Å². The molecule has 0 aromatic heterocycles. The molecule has 2 nitrogen and oxygen atoms in total. The lowest BCUT2D eigenvalue weighted by molar-refractivity contribution is -0.0403. The highest BCUT2D eigenvalue weighted by Crippen LogP contribution is 2.31. The van der Waals surface area contributed by atoms with Crippen molar-refractivity contribution in [3.63, 3.8) is 0 Å². The minimum absolute atomic E-state index is 0.310. The Labute approximate surface area is 79.9 Å². The molecule has 0 aliphatic rings. The number of alkyl halides is 3. The van der Waals surface area contributed by atoms with Gasteiger partial charge in [-0.3, -0.25) is 0 Å². The van der Waals surface area contributed by atoms with Gasteiger partial charge in [0.15, 0.2) is 9.73 Å². The van der Waals surface area contributed by atoms with Crippen LogP contribution in [0.2, 0.25) is 0 Å². The Morgan fingerprint density at radius 3 is 2.07 bits per heavy atom. The Morgan fingerprint density at radius 1 is 1.21 bits per heavy atom. The first-order valence-corrected chi connectivity index (χ1v) is 5.20. The van der Waals surface area contributed by atoms with Crippen LogP contribution in [0, 0.1) is 0 Å². The summed E-state index contributed by atoms with van der Waals surface area (Å²) >= 11 is 0. The lowest BCUT2D eigenvalue weighted by Crippen LogP contribution is -2.22. The molecule has 0 saturated carbocycles. The molecule has 0 bridgehead atoms. The predicted molar refractivity (Wildman–Crippen MR) is 47.3 cm³/mol. The second kappa shape index (κ2) is 3.61. The van der Waals surface area contributed by atoms with E-state index < -0.39 is 15.2 Å². The predicted octanol–water partition coefficient (Wildman–Crippen LogP) is 2.66. The topological polar surface area (TPSA) is 29.4 Å². The number of hydrogen-bond donors (Lipinski definition) is 0. The van der Waals surface area contributed by atoms with Gasteiger partial charge in [-0.25, -0.2) is 8.57 Å². The molecular formula is C8H8F3NOS. The quantitative estimate of drug-likeness (QED) is 0.719. The van der Waals surface area contributed by atoms with Crippen molar-refractivity contribution in [2.45, 2.75) is 10.4 Å². The maximum atomic E-state index is 12.4. The van der Waals surface area contributed by atoms with Gasteiger partial charge in [-0.15, -0.1) is 0 Å². The second-order valence-electron chi connectivity index (χ2n) is 2.47. The van der Waals surface area contributed by atoms with Crippen molar-refractivity contribution in [3.8, 4) is 0 Å². The van der Waals surface area contributed by atoms with Crippen LogP contribution in [0.4, 0.5) is 13.2 Å². The molecule has 1 rings (SSSR count). The normalized spacial score (nSPS) is 16.0. The van der Waals surface area contributed by atoms with Gasteiger partial charge in [-0.05, 0) is 12.1 Å². The molecule has 0 aliphatic carbocycles. The highest BCUT2D eigenvalue weighted by atomic mass is 32.2. The zero-order valence-corrected chi connectivity index (χ0v) is 8.10. The van der Waals surface area contributed by atoms with Gasteiger partial charge in [-0.2, -0.15) is 13.2 Å². The molecule has 1 atom stereocenters. The Hall–Kier alpha value is -1.04. The fourth-order valence-corrected chi connectivity index (χ4v) is 2.16. The summed E-state index contributed by atoms with van der Waals surface area (Å²) in [5, 5.41) is 0. The number of hydrogen-bond acceptors (Lipinski definition) is 2. The number of nitrogens with zero attached hydrogens (tertiary/aromatic N) is 1. The molecule has 0 saturated heterocycles. The fourth-order valence-electron chi connectivity index (χ4n) is 0.947. The summed E-state index contributed by atoms with van der Waals surface area (Å²) in [6.07, 6.45) is 0. The van der Waals surface area contributed by atoms with Crippen molar-refractivity contribution in [2.75, 3.05) is 7.05 Å². The van der Waals surface area contributed by atoms with Crippen LogP contribution in [-0.4, -0.2) is 16.8 Å². The van der Waals surface area contributed by atoms with Crippen LogP contribution in [0.15, 0.2) is 39.6 Å². The van der Waals surface area contributed by atoms with E-state index in [1.807, 2.05) is 0 Å². The third-order valence-corrected chi connectivity index (χ3v) is 3.69. The highest BCUT2D eigenvalue weighted by molar-refractivity contribution is 7.94. The molecule has 14 heavy (non-hydrogen) atoms. The summed E-state index contributed by atoms with van der Waals surface area (Å²) in [7, 11) is -3.39. The molecular weight excluding hydrogens is 215 g/mol. The van der Waals surface area contributed by atoms with Crippen molar-refractivity contribution in [3.05, 3.63) is 30.3 Å². The van der Waals surface area contributed by atoms with Crippen molar-refractivity contribution in [2.24, 2.45) is 4.36 Å². The van der Waals surface area contributed by atoms with Crippen LogP contribution in [0.5, 0.6) is 0 Å². The highest BCUT2D eigenvalue weighted by Gasteiger charge is 2.43. The van der Waals surface area contributed by atoms with Gasteiger partial charge in [0.2, 0.25) is 0 Å². The summed E-state index contributed by atoms with van der Waals surface area (Å²) in [6, 6.07) is 6.65. The van der Waals surface area contributed by atoms with Gasteiger partial charge in [0, 0.05) is 7.05 Å². The van der Waals surface area contributed by atoms with E-state index in [0.29, 0.717) is 0 Å². The zero-order chi connectivity index (χ0) is 10.8. The first-order chi connectivity index (χ1) is 6.42. The van der Waals surface area contributed by atoms with Crippen molar-refractivity contribution in [1.29, 1.82) is 0 Å². The molecule has 0 heterocycles. The SMILES string of the molecule is CN=[S@@](=O)(c1ccccc1)C(F)(F)F. The molecule has 0 unspecified atom stereocenters. The minimum Gasteiger partial charge on any atom is -0.236 e. The largest absolute Gasteiger partial charge is 0.483 e. The standard InChI is InChI=1S/C8H8F3NOS/c1-12-14(13,8(9,10)11)7-5-3-2-4-6-7/h2-6H,1H3/t14-/m1/s1. The van der Waals surface area contributed by atoms with Crippen LogP contribution >= 0.6 is 0 Å². The monoisotopic (exact) mass is 223 g/mol. The average molecular weight is 223 g/mol. The summed E-state index contributed by atoms with van der Waals surface area (Å²) in [5.74, 6) is 0. The van der Waals surface area contributed by atoms with Crippen LogP contribution < -0.4 is 0 Å². The number of halogens is 3. The third kappa shape index (κ3) is 1.75. The van der Waals surface area contributed by atoms with E-state index in [0.717, 1.165) is 19.2 Å². The molecule has 1 aromatic carbocycles. The first kappa shape index (κ1) is 11.0. The van der Waals surface area contributed by atoms with E-state index in [1.165, 1.54) is 12.1 Å². The Morgan fingerprint density at radius 2 is 1.71 bits per heavy atom. The molecule has 0 aliphatic heterocycles. The molecule has 0 radical (unpaired) electrons. The molecule has 78 valence electrons. The molecule has 0 fully saturated rings. The second-order valence-corrected chi connectivity index (χ2v) is 4.82. The van der Waals surface area contributed by atoms with Gasteiger partial charge < -0.3 is 0 Å². The van der Waals surface area contributed by atoms with E-state index in [4.69, 9.17) is 0 Å². The number of benzene rings is 1. The lowest BCUT2D eigenvalue weighted by atomic mass is 10.4. The van der Waals surface area contributed by atoms with Gasteiger partial charge >= 0.3 is 5.51 Å². The van der Waals surface area contributed by atoms with Crippen LogP contribution in [0.1, 0.15) is 0 Å². The van der Waals surface area contributed by atoms with Crippen molar-refractivity contribution in [1.82, 2.24) is 0 Å². The molecule has 0 spiro atoms. The molecule has 6 heteroatoms. The first-order valence-electron chi connectivity index (χ1n) is 3.68. The Bertz CT molecular complexity index is 418. The Kier molecular flexibility index (Phi) is 2.84. The van der Waals surface area contributed by atoms with E-state index in [2.05, 4.69) is 4.36 Å². The van der Waals surface area contributed by atoms with Gasteiger partial charge in [0.25, 0.3) is 0 Å². The van der Waals surface area contributed by atoms with E-state index in [1.54, 1.807) is 6.07 Å². The minimum atomic E-state index is -4.83. The lowest BCUT2D eigenvalue weighted by Gasteiger charge is -2.12. The van der Waals surface area contributed by atoms with Crippen LogP contribution in [0.25, 0.3) is 0 Å².